The molecule has 1 fully saturated rings. The van der Waals surface area contributed by atoms with E-state index in [0.717, 1.165) is 43.4 Å². The number of fused-ring (bicyclic) bond motifs is 1. The van der Waals surface area contributed by atoms with Crippen molar-refractivity contribution in [1.29, 1.82) is 0 Å². The molecule has 24 heavy (non-hydrogen) atoms. The lowest BCUT2D eigenvalue weighted by Crippen LogP contribution is -2.34. The number of aromatic nitrogens is 3. The van der Waals surface area contributed by atoms with Crippen molar-refractivity contribution in [3.63, 3.8) is 0 Å². The summed E-state index contributed by atoms with van der Waals surface area (Å²) in [5, 5.41) is 0. The summed E-state index contributed by atoms with van der Waals surface area (Å²) in [4.78, 5) is 11.7. The van der Waals surface area contributed by atoms with E-state index in [1.807, 2.05) is 12.3 Å². The first-order chi connectivity index (χ1) is 11.8. The molecule has 0 amide bonds. The first-order valence-electron chi connectivity index (χ1n) is 8.84. The van der Waals surface area contributed by atoms with Gasteiger partial charge in [0.2, 0.25) is 0 Å². The average Bonchev–Trinajstić information content (AvgIpc) is 2.93. The minimum atomic E-state index is 0.737. The Morgan fingerprint density at radius 1 is 1.04 bits per heavy atom. The number of rotatable bonds is 4. The summed E-state index contributed by atoms with van der Waals surface area (Å²) in [6, 6.07) is 14.6. The number of hydrogen-bond acceptors (Lipinski definition) is 3. The van der Waals surface area contributed by atoms with Crippen LogP contribution >= 0.6 is 0 Å². The van der Waals surface area contributed by atoms with E-state index in [9.17, 15) is 0 Å². The van der Waals surface area contributed by atoms with Crippen molar-refractivity contribution < 1.29 is 0 Å². The third-order valence-corrected chi connectivity index (χ3v) is 5.11. The van der Waals surface area contributed by atoms with Crippen molar-refractivity contribution in [1.82, 2.24) is 19.4 Å². The molecule has 3 aromatic rings. The van der Waals surface area contributed by atoms with Crippen molar-refractivity contribution in [3.8, 4) is 0 Å². The molecule has 0 atom stereocenters. The van der Waals surface area contributed by atoms with Crippen LogP contribution in [-0.2, 0) is 13.1 Å². The third-order valence-electron chi connectivity index (χ3n) is 5.11. The first kappa shape index (κ1) is 15.3. The van der Waals surface area contributed by atoms with Gasteiger partial charge in [-0.05, 0) is 63.0 Å². The SMILES string of the molecule is Cc1nc2ccccc2n1CC1CCN(Cc2ccccn2)CC1. The number of hydrogen-bond donors (Lipinski definition) is 0. The maximum absolute atomic E-state index is 4.69. The summed E-state index contributed by atoms with van der Waals surface area (Å²) in [6.07, 6.45) is 4.38. The lowest BCUT2D eigenvalue weighted by Gasteiger charge is -2.32. The van der Waals surface area contributed by atoms with Gasteiger partial charge in [-0.15, -0.1) is 0 Å². The molecule has 1 saturated heterocycles. The summed E-state index contributed by atoms with van der Waals surface area (Å²) in [5.74, 6) is 1.87. The molecule has 4 rings (SSSR count). The number of imidazole rings is 1. The molecule has 124 valence electrons. The van der Waals surface area contributed by atoms with Gasteiger partial charge in [0, 0.05) is 19.3 Å². The molecule has 1 aromatic carbocycles. The zero-order chi connectivity index (χ0) is 16.4. The molecule has 0 radical (unpaired) electrons. The normalized spacial score (nSPS) is 16.7. The van der Waals surface area contributed by atoms with Gasteiger partial charge in [-0.25, -0.2) is 4.98 Å². The summed E-state index contributed by atoms with van der Waals surface area (Å²) in [7, 11) is 0. The van der Waals surface area contributed by atoms with Gasteiger partial charge in [0.1, 0.15) is 5.82 Å². The summed E-state index contributed by atoms with van der Waals surface area (Å²) in [6.45, 7) is 6.50. The van der Waals surface area contributed by atoms with Crippen LogP contribution in [-0.4, -0.2) is 32.5 Å². The standard InChI is InChI=1S/C20H24N4/c1-16-22-19-7-2-3-8-20(19)24(16)14-17-9-12-23(13-10-17)15-18-6-4-5-11-21-18/h2-8,11,17H,9-10,12-15H2,1H3. The lowest BCUT2D eigenvalue weighted by molar-refractivity contribution is 0.166. The van der Waals surface area contributed by atoms with Gasteiger partial charge in [0.25, 0.3) is 0 Å². The van der Waals surface area contributed by atoms with Crippen LogP contribution in [0.15, 0.2) is 48.7 Å². The van der Waals surface area contributed by atoms with Crippen molar-refractivity contribution in [3.05, 3.63) is 60.2 Å². The molecule has 3 heterocycles. The molecule has 0 N–H and O–H groups in total. The number of nitrogens with zero attached hydrogens (tertiary/aromatic N) is 4. The Morgan fingerprint density at radius 3 is 2.62 bits per heavy atom. The molecule has 2 aromatic heterocycles. The molecule has 4 heteroatoms. The molecule has 0 spiro atoms. The zero-order valence-corrected chi connectivity index (χ0v) is 14.2. The fourth-order valence-corrected chi connectivity index (χ4v) is 3.73. The van der Waals surface area contributed by atoms with E-state index in [-0.39, 0.29) is 0 Å². The van der Waals surface area contributed by atoms with Crippen LogP contribution in [0.5, 0.6) is 0 Å². The number of piperidine rings is 1. The van der Waals surface area contributed by atoms with Crippen molar-refractivity contribution in [2.75, 3.05) is 13.1 Å². The van der Waals surface area contributed by atoms with E-state index in [2.05, 4.69) is 57.8 Å². The largest absolute Gasteiger partial charge is 0.328 e. The fraction of sp³-hybridized carbons (Fsp3) is 0.400. The van der Waals surface area contributed by atoms with E-state index < -0.39 is 0 Å². The van der Waals surface area contributed by atoms with Crippen LogP contribution in [0.2, 0.25) is 0 Å². The molecule has 4 nitrogen and oxygen atoms in total. The van der Waals surface area contributed by atoms with Crippen LogP contribution in [0.25, 0.3) is 11.0 Å². The highest BCUT2D eigenvalue weighted by Gasteiger charge is 2.21. The predicted molar refractivity (Wildman–Crippen MR) is 96.7 cm³/mol. The fourth-order valence-electron chi connectivity index (χ4n) is 3.73. The number of benzene rings is 1. The lowest BCUT2D eigenvalue weighted by atomic mass is 9.96. The van der Waals surface area contributed by atoms with Gasteiger partial charge in [-0.2, -0.15) is 0 Å². The number of pyridine rings is 1. The highest BCUT2D eigenvalue weighted by atomic mass is 15.1. The van der Waals surface area contributed by atoms with Gasteiger partial charge in [0.05, 0.1) is 16.7 Å². The second kappa shape index (κ2) is 6.73. The Labute approximate surface area is 143 Å². The highest BCUT2D eigenvalue weighted by molar-refractivity contribution is 5.75. The van der Waals surface area contributed by atoms with Crippen LogP contribution in [0.1, 0.15) is 24.4 Å². The number of para-hydroxylation sites is 2. The van der Waals surface area contributed by atoms with Crippen LogP contribution in [0.4, 0.5) is 0 Å². The van der Waals surface area contributed by atoms with Gasteiger partial charge < -0.3 is 4.57 Å². The monoisotopic (exact) mass is 320 g/mol. The van der Waals surface area contributed by atoms with E-state index in [1.165, 1.54) is 24.1 Å². The third kappa shape index (κ3) is 3.20. The number of aryl methyl sites for hydroxylation is 1. The molecular weight excluding hydrogens is 296 g/mol. The van der Waals surface area contributed by atoms with Crippen molar-refractivity contribution in [2.24, 2.45) is 5.92 Å². The second-order valence-electron chi connectivity index (χ2n) is 6.80. The van der Waals surface area contributed by atoms with Gasteiger partial charge in [-0.3, -0.25) is 9.88 Å². The van der Waals surface area contributed by atoms with E-state index in [0.29, 0.717) is 0 Å². The Hall–Kier alpha value is -2.20. The Bertz CT molecular complexity index is 801. The van der Waals surface area contributed by atoms with Crippen molar-refractivity contribution >= 4 is 11.0 Å². The highest BCUT2D eigenvalue weighted by Crippen LogP contribution is 2.24. The molecule has 0 unspecified atom stereocenters. The second-order valence-corrected chi connectivity index (χ2v) is 6.80. The maximum atomic E-state index is 4.69. The smallest absolute Gasteiger partial charge is 0.106 e. The molecule has 1 aliphatic rings. The molecule has 0 bridgehead atoms. The van der Waals surface area contributed by atoms with E-state index in [4.69, 9.17) is 4.98 Å². The maximum Gasteiger partial charge on any atom is 0.106 e. The van der Waals surface area contributed by atoms with E-state index >= 15 is 0 Å². The molecule has 1 aliphatic heterocycles. The van der Waals surface area contributed by atoms with Gasteiger partial charge in [0.15, 0.2) is 0 Å². The van der Waals surface area contributed by atoms with Gasteiger partial charge in [-0.1, -0.05) is 18.2 Å². The summed E-state index contributed by atoms with van der Waals surface area (Å²) < 4.78 is 2.40. The number of likely N-dealkylation sites (tertiary alicyclic amines) is 1. The van der Waals surface area contributed by atoms with Crippen molar-refractivity contribution in [2.45, 2.75) is 32.9 Å². The minimum absolute atomic E-state index is 0.737. The molecular formula is C20H24N4. The van der Waals surface area contributed by atoms with E-state index in [1.54, 1.807) is 0 Å². The minimum Gasteiger partial charge on any atom is -0.328 e. The Morgan fingerprint density at radius 2 is 1.83 bits per heavy atom. The Balaban J connectivity index is 1.38. The predicted octanol–water partition coefficient (Wildman–Crippen LogP) is 3.65. The van der Waals surface area contributed by atoms with Crippen LogP contribution in [0.3, 0.4) is 0 Å². The quantitative estimate of drug-likeness (QED) is 0.736. The molecule has 0 saturated carbocycles. The Kier molecular flexibility index (Phi) is 4.30. The van der Waals surface area contributed by atoms with Crippen LogP contribution < -0.4 is 0 Å². The zero-order valence-electron chi connectivity index (χ0n) is 14.2. The average molecular weight is 320 g/mol. The summed E-state index contributed by atoms with van der Waals surface area (Å²) >= 11 is 0. The van der Waals surface area contributed by atoms with Crippen LogP contribution in [0, 0.1) is 12.8 Å². The first-order valence-corrected chi connectivity index (χ1v) is 8.84. The van der Waals surface area contributed by atoms with Gasteiger partial charge >= 0.3 is 0 Å². The summed E-state index contributed by atoms with van der Waals surface area (Å²) in [5.41, 5.74) is 3.56. The topological polar surface area (TPSA) is 34.0 Å². The molecule has 0 aliphatic carbocycles.